The van der Waals surface area contributed by atoms with Gasteiger partial charge in [-0.15, -0.1) is 13.2 Å². The number of methoxy groups -OCH3 is 1. The predicted molar refractivity (Wildman–Crippen MR) is 239 cm³/mol. The van der Waals surface area contributed by atoms with Crippen LogP contribution in [0.1, 0.15) is 25.1 Å². The van der Waals surface area contributed by atoms with E-state index in [1.165, 1.54) is 17.9 Å². The predicted octanol–water partition coefficient (Wildman–Crippen LogP) is -3.26. The molecule has 8 heterocycles. The second-order valence-corrected chi connectivity index (χ2v) is 23.5. The molecule has 3 fully saturated rings. The summed E-state index contributed by atoms with van der Waals surface area (Å²) in [5, 5.41) is 32.7. The maximum Gasteiger partial charge on any atom is 0.522 e. The van der Waals surface area contributed by atoms with E-state index in [9.17, 15) is 80.7 Å². The molecule has 426 valence electrons. The molecule has 0 amide bonds. The molecule has 4 unspecified atom stereocenters. The van der Waals surface area contributed by atoms with Gasteiger partial charge < -0.3 is 74.4 Å². The summed E-state index contributed by atoms with van der Waals surface area (Å²) in [5.74, 6) is -2.00. The highest BCUT2D eigenvalue weighted by atomic mass is 31.3. The normalized spacial score (nSPS) is 30.1. The molecule has 77 heavy (non-hydrogen) atoms. The summed E-state index contributed by atoms with van der Waals surface area (Å²) in [6.07, 6.45) is -19.3. The fraction of sp³-hybridized carbons (Fsp3) is 0.588. The van der Waals surface area contributed by atoms with Crippen molar-refractivity contribution >= 4 is 65.2 Å². The number of nitrogens with one attached hydrogen (secondary N) is 2. The number of H-pyrrole nitrogens is 2. The van der Waals surface area contributed by atoms with Gasteiger partial charge in [0, 0.05) is 25.3 Å². The van der Waals surface area contributed by atoms with E-state index in [0.717, 1.165) is 41.2 Å². The van der Waals surface area contributed by atoms with Gasteiger partial charge in [-0.3, -0.25) is 47.0 Å². The number of fused-ring (bicyclic) bond motifs is 2. The number of aliphatic hydroxyl groups is 3. The second-order valence-electron chi connectivity index (χ2n) is 17.0. The van der Waals surface area contributed by atoms with Crippen molar-refractivity contribution in [3.05, 3.63) is 62.4 Å². The largest absolute Gasteiger partial charge is 0.778 e. The SMILES string of the molecule is CO[C@@H]1[C@H](P(=O)([O-])OC[C@H]2O[C@@H](n3ccc(=O)[nH]c3=O)[C@H](O)[C@@H]2O)[C@@H](COP(=O)(O)OP(=O)(O)OP(=O)(O)OC[C@H]2O[C@@H]([n+]3cn(C)c4c(=O)[nH]c(N)nc43)[C@H](O)[C@@H]2CCOC(F)(F)F)O[C@H]1n1cnc2c(N)ncnc21. The van der Waals surface area contributed by atoms with Crippen molar-refractivity contribution in [3.8, 4) is 0 Å². The Balaban J connectivity index is 0.964. The zero-order chi connectivity index (χ0) is 56.3. The third-order valence-corrected chi connectivity index (χ3v) is 18.1. The van der Waals surface area contributed by atoms with Crippen LogP contribution in [0, 0.1) is 5.92 Å². The number of nitrogen functional groups attached to an aromatic ring is 2. The first-order valence-corrected chi connectivity index (χ1v) is 27.9. The summed E-state index contributed by atoms with van der Waals surface area (Å²) in [7, 11) is -21.7. The quantitative estimate of drug-likeness (QED) is 0.0255. The van der Waals surface area contributed by atoms with Crippen LogP contribution in [0.4, 0.5) is 24.9 Å². The van der Waals surface area contributed by atoms with Gasteiger partial charge in [-0.05, 0) is 6.42 Å². The molecule has 16 atom stereocenters. The Labute approximate surface area is 425 Å². The van der Waals surface area contributed by atoms with Gasteiger partial charge >= 0.3 is 41.2 Å². The molecule has 36 nitrogen and oxygen atoms in total. The highest BCUT2D eigenvalue weighted by molar-refractivity contribution is 7.66. The van der Waals surface area contributed by atoms with Gasteiger partial charge in [0.1, 0.15) is 50.0 Å². The number of halogens is 3. The van der Waals surface area contributed by atoms with Crippen molar-refractivity contribution in [2.45, 2.75) is 79.9 Å². The van der Waals surface area contributed by atoms with Gasteiger partial charge in [-0.1, -0.05) is 4.98 Å². The zero-order valence-electron chi connectivity index (χ0n) is 39.0. The number of ether oxygens (including phenoxy) is 5. The smallest absolute Gasteiger partial charge is 0.522 e. The average molecular weight is 1190 g/mol. The molecule has 5 aromatic rings. The molecule has 12 N–H and O–H groups in total. The van der Waals surface area contributed by atoms with Crippen molar-refractivity contribution in [1.29, 1.82) is 0 Å². The van der Waals surface area contributed by atoms with Gasteiger partial charge in [0.05, 0.1) is 57.7 Å². The van der Waals surface area contributed by atoms with Crippen LogP contribution in [0.25, 0.3) is 22.3 Å². The van der Waals surface area contributed by atoms with E-state index in [2.05, 4.69) is 38.3 Å². The Hall–Kier alpha value is -4.79. The number of hydrogen-bond donors (Lipinski definition) is 10. The summed E-state index contributed by atoms with van der Waals surface area (Å²) in [4.78, 5) is 102. The number of phosphoric ester groups is 2. The number of aryl methyl sites for hydroxylation is 1. The molecular weight excluding hydrogens is 1140 g/mol. The first-order valence-electron chi connectivity index (χ1n) is 21.8. The molecule has 0 bridgehead atoms. The minimum Gasteiger partial charge on any atom is -0.778 e. The number of imidazole rings is 2. The number of phosphoric acid groups is 3. The Morgan fingerprint density at radius 3 is 2.14 bits per heavy atom. The molecule has 3 aliphatic heterocycles. The topological polar surface area (TPSA) is 510 Å². The standard InChI is InChI=1S/C34H45F3N12O24P4/c1-46-12-49(27-19(46)28(54)45-32(39)44-27)29-20(51)13(4-6-65-34(35,36)37)14(69-29)7-67-75(58,59)72-77(62,63)73-76(60,61)68-9-16-24(23(64-2)31(71-16)48-11-42-18-25(38)40-10-41-26(18)48)74(56,57)66-8-15-21(52)22(53)30(70-15)47-5-3-17(50)43-33(47)55/h3,5,10-16,20-24,29-31,51-53H,4,6-9H2,1-2H3,(H9-,38,39,40,41,43,44,45,50,54,55,56,57,58,59,60,61,62,63)/t13-,14-,15-,16-,20-,21-,22-,23-,24-,29-,30-,31-/m1/s1. The second kappa shape index (κ2) is 22.0. The van der Waals surface area contributed by atoms with Crippen LogP contribution in [0.3, 0.4) is 0 Å². The van der Waals surface area contributed by atoms with E-state index in [1.807, 2.05) is 4.98 Å². The number of aliphatic hydroxyl groups excluding tert-OH is 3. The van der Waals surface area contributed by atoms with Crippen LogP contribution < -0.4 is 37.7 Å². The molecule has 0 saturated carbocycles. The monoisotopic (exact) mass is 1190 g/mol. The lowest BCUT2D eigenvalue weighted by Gasteiger charge is -2.35. The number of anilines is 2. The molecule has 5 aromatic heterocycles. The van der Waals surface area contributed by atoms with Crippen LogP contribution in [-0.2, 0) is 71.2 Å². The summed E-state index contributed by atoms with van der Waals surface area (Å²) in [6, 6.07) is 0.894. The molecule has 43 heteroatoms. The van der Waals surface area contributed by atoms with E-state index in [-0.39, 0.29) is 34.1 Å². The highest BCUT2D eigenvalue weighted by Gasteiger charge is 2.55. The third-order valence-electron chi connectivity index (χ3n) is 12.0. The summed E-state index contributed by atoms with van der Waals surface area (Å²) in [6.45, 7) is -4.85. The lowest BCUT2D eigenvalue weighted by molar-refractivity contribution is -0.745. The first kappa shape index (κ1) is 58.4. The number of alkyl halides is 3. The Bertz CT molecular complexity index is 3380. The van der Waals surface area contributed by atoms with Gasteiger partial charge in [0.15, 0.2) is 30.2 Å². The Morgan fingerprint density at radius 1 is 0.844 bits per heavy atom. The van der Waals surface area contributed by atoms with Crippen molar-refractivity contribution in [3.63, 3.8) is 0 Å². The molecule has 0 spiro atoms. The molecule has 3 aliphatic rings. The molecule has 0 radical (unpaired) electrons. The molecule has 0 aliphatic carbocycles. The maximum absolute atomic E-state index is 14.2. The number of nitrogens with two attached hydrogens (primary N) is 2. The Morgan fingerprint density at radius 2 is 1.49 bits per heavy atom. The number of nitrogens with zero attached hydrogens (tertiary/aromatic N) is 8. The maximum atomic E-state index is 14.2. The highest BCUT2D eigenvalue weighted by Crippen LogP contribution is 2.68. The van der Waals surface area contributed by atoms with Crippen molar-refractivity contribution in [2.75, 3.05) is 45.0 Å². The number of aromatic nitrogens is 10. The minimum absolute atomic E-state index is 0.0156. The zero-order valence-corrected chi connectivity index (χ0v) is 42.6. The summed E-state index contributed by atoms with van der Waals surface area (Å²) < 4.78 is 146. The lowest BCUT2D eigenvalue weighted by atomic mass is 9.95. The number of hydrogen-bond acceptors (Lipinski definition) is 27. The van der Waals surface area contributed by atoms with E-state index >= 15 is 0 Å². The van der Waals surface area contributed by atoms with Crippen LogP contribution in [0.15, 0.2) is 45.6 Å². The summed E-state index contributed by atoms with van der Waals surface area (Å²) >= 11 is 0. The van der Waals surface area contributed by atoms with Crippen molar-refractivity contribution < 1.29 is 117 Å². The fourth-order valence-corrected chi connectivity index (χ4v) is 14.0. The third kappa shape index (κ3) is 12.6. The van der Waals surface area contributed by atoms with Crippen molar-refractivity contribution in [1.82, 2.24) is 43.6 Å². The van der Waals surface area contributed by atoms with Gasteiger partial charge in [0.2, 0.25) is 11.7 Å². The van der Waals surface area contributed by atoms with E-state index < -0.39 is 160 Å². The van der Waals surface area contributed by atoms with E-state index in [4.69, 9.17) is 44.0 Å². The molecule has 8 rings (SSSR count). The average Bonchev–Trinajstić information content (AvgIpc) is 4.18. The van der Waals surface area contributed by atoms with Crippen LogP contribution in [0.5, 0.6) is 0 Å². The molecular formula is C34H45F3N12O24P4. The van der Waals surface area contributed by atoms with E-state index in [0.29, 0.717) is 4.57 Å². The lowest BCUT2D eigenvalue weighted by Crippen LogP contribution is -2.45. The van der Waals surface area contributed by atoms with Crippen LogP contribution in [-0.4, -0.2) is 162 Å². The molecule has 3 saturated heterocycles. The van der Waals surface area contributed by atoms with Crippen molar-refractivity contribution in [2.24, 2.45) is 13.0 Å². The Kier molecular flexibility index (Phi) is 16.7. The molecule has 0 aromatic carbocycles. The first-order chi connectivity index (χ1) is 35.9. The number of rotatable bonds is 21. The summed E-state index contributed by atoms with van der Waals surface area (Å²) in [5.41, 5.74) is 6.43. The van der Waals surface area contributed by atoms with Gasteiger partial charge in [0.25, 0.3) is 17.1 Å². The van der Waals surface area contributed by atoms with E-state index in [1.54, 1.807) is 0 Å². The van der Waals surface area contributed by atoms with Gasteiger partial charge in [-0.25, -0.2) is 38.0 Å². The minimum atomic E-state index is -6.35. The van der Waals surface area contributed by atoms with Crippen LogP contribution >= 0.6 is 31.1 Å². The fourth-order valence-electron chi connectivity index (χ4n) is 8.73. The van der Waals surface area contributed by atoms with Gasteiger partial charge in [-0.2, -0.15) is 8.62 Å². The van der Waals surface area contributed by atoms with Crippen LogP contribution in [0.2, 0.25) is 0 Å². The number of aromatic amines is 2.